The van der Waals surface area contributed by atoms with E-state index < -0.39 is 110 Å². The summed E-state index contributed by atoms with van der Waals surface area (Å²) in [5.74, 6) is -5.32. The number of ether oxygens (including phenoxy) is 10. The van der Waals surface area contributed by atoms with Crippen LogP contribution in [0.3, 0.4) is 0 Å². The zero-order valence-corrected chi connectivity index (χ0v) is 26.3. The number of carbonyl (C=O) groups excluding carboxylic acids is 7. The van der Waals surface area contributed by atoms with Crippen molar-refractivity contribution in [3.8, 4) is 0 Å². The second kappa shape index (κ2) is 17.0. The molecular weight excluding hydrogens is 608 g/mol. The van der Waals surface area contributed by atoms with E-state index in [2.05, 4.69) is 0 Å². The molecule has 254 valence electrons. The van der Waals surface area contributed by atoms with Crippen molar-refractivity contribution in [1.82, 2.24) is 0 Å². The van der Waals surface area contributed by atoms with Crippen molar-refractivity contribution < 1.29 is 80.9 Å². The van der Waals surface area contributed by atoms with E-state index in [0.29, 0.717) is 0 Å². The van der Waals surface area contributed by atoms with Crippen LogP contribution in [0.4, 0.5) is 0 Å². The predicted octanol–water partition coefficient (Wildman–Crippen LogP) is 0.0586. The van der Waals surface area contributed by atoms with Crippen LogP contribution in [0.25, 0.3) is 0 Å². The van der Waals surface area contributed by atoms with Gasteiger partial charge in [-0.25, -0.2) is 0 Å². The maximum atomic E-state index is 12.2. The van der Waals surface area contributed by atoms with E-state index in [1.165, 1.54) is 7.11 Å². The van der Waals surface area contributed by atoms with Crippen molar-refractivity contribution >= 4 is 41.8 Å². The highest BCUT2D eigenvalue weighted by atomic mass is 16.7. The van der Waals surface area contributed by atoms with Crippen LogP contribution in [-0.2, 0) is 80.9 Å². The fourth-order valence-corrected chi connectivity index (χ4v) is 5.16. The molecule has 0 aromatic heterocycles. The van der Waals surface area contributed by atoms with E-state index in [-0.39, 0.29) is 12.8 Å². The lowest BCUT2D eigenvalue weighted by molar-refractivity contribution is -0.301. The quantitative estimate of drug-likeness (QED) is 0.202. The zero-order valence-electron chi connectivity index (χ0n) is 26.3. The van der Waals surface area contributed by atoms with Crippen LogP contribution in [0.15, 0.2) is 0 Å². The van der Waals surface area contributed by atoms with Gasteiger partial charge in [0.15, 0.2) is 42.9 Å². The summed E-state index contributed by atoms with van der Waals surface area (Å²) in [6, 6.07) is 0. The molecule has 0 saturated carbocycles. The minimum absolute atomic E-state index is 0.0594. The van der Waals surface area contributed by atoms with Gasteiger partial charge in [-0.05, 0) is 12.8 Å². The number of hydrogen-bond acceptors (Lipinski definition) is 17. The number of methoxy groups -OCH3 is 1. The number of carbonyl (C=O) groups is 7. The van der Waals surface area contributed by atoms with Gasteiger partial charge >= 0.3 is 41.8 Å². The minimum Gasteiger partial charge on any atom is -0.463 e. The van der Waals surface area contributed by atoms with Crippen molar-refractivity contribution in [1.29, 1.82) is 0 Å². The zero-order chi connectivity index (χ0) is 34.0. The van der Waals surface area contributed by atoms with Gasteiger partial charge in [-0.2, -0.15) is 0 Å². The first kappa shape index (κ1) is 37.4. The van der Waals surface area contributed by atoms with Gasteiger partial charge in [-0.3, -0.25) is 33.6 Å². The first-order valence-electron chi connectivity index (χ1n) is 14.0. The van der Waals surface area contributed by atoms with Gasteiger partial charge < -0.3 is 47.4 Å². The monoisotopic (exact) mass is 648 g/mol. The molecule has 0 aliphatic carbocycles. The highest BCUT2D eigenvalue weighted by Gasteiger charge is 2.54. The lowest BCUT2D eigenvalue weighted by Gasteiger charge is -2.46. The van der Waals surface area contributed by atoms with Crippen molar-refractivity contribution in [3.05, 3.63) is 0 Å². The predicted molar refractivity (Wildman–Crippen MR) is 144 cm³/mol. The highest BCUT2D eigenvalue weighted by molar-refractivity contribution is 5.69. The smallest absolute Gasteiger partial charge is 0.303 e. The van der Waals surface area contributed by atoms with E-state index in [1.54, 1.807) is 0 Å². The number of rotatable bonds is 12. The first-order chi connectivity index (χ1) is 21.0. The molecule has 2 saturated heterocycles. The van der Waals surface area contributed by atoms with Gasteiger partial charge in [0.25, 0.3) is 0 Å². The van der Waals surface area contributed by atoms with Gasteiger partial charge in [0.05, 0.1) is 6.10 Å². The summed E-state index contributed by atoms with van der Waals surface area (Å²) in [6.07, 6.45) is -12.8. The van der Waals surface area contributed by atoms with Crippen LogP contribution in [-0.4, -0.2) is 117 Å². The Hall–Kier alpha value is -3.83. The Morgan fingerprint density at radius 2 is 0.778 bits per heavy atom. The Morgan fingerprint density at radius 3 is 1.16 bits per heavy atom. The highest BCUT2D eigenvalue weighted by Crippen LogP contribution is 2.35. The summed E-state index contributed by atoms with van der Waals surface area (Å²) in [7, 11) is 1.26. The third kappa shape index (κ3) is 11.2. The third-order valence-electron chi connectivity index (χ3n) is 6.55. The standard InChI is InChI=1S/C28H40O17/c1-12(29)37-11-21-24(40-15(4)32)25(41-16(5)33)22(38-13(2)30)19(44-21)9-10-20-23(39-14(3)31)26(42-17(6)34)27(43-18(7)35)28(36-8)45-20/h19-28H,9-11H2,1-8H3/t19-,20-,21-,22+,23-,24-,25-,26+,27-,28+/m1/s1. The molecule has 17 heteroatoms. The lowest BCUT2D eigenvalue weighted by Crippen LogP contribution is -2.63. The van der Waals surface area contributed by atoms with Crippen LogP contribution < -0.4 is 0 Å². The van der Waals surface area contributed by atoms with Crippen LogP contribution in [0.1, 0.15) is 61.3 Å². The average molecular weight is 649 g/mol. The van der Waals surface area contributed by atoms with Crippen molar-refractivity contribution in [2.24, 2.45) is 0 Å². The van der Waals surface area contributed by atoms with Crippen LogP contribution in [0, 0.1) is 0 Å². The first-order valence-corrected chi connectivity index (χ1v) is 14.0. The molecule has 0 radical (unpaired) electrons. The molecule has 45 heavy (non-hydrogen) atoms. The van der Waals surface area contributed by atoms with E-state index in [9.17, 15) is 33.6 Å². The molecule has 2 aliphatic heterocycles. The molecule has 0 amide bonds. The van der Waals surface area contributed by atoms with E-state index in [1.807, 2.05) is 0 Å². The van der Waals surface area contributed by atoms with Gasteiger partial charge in [-0.15, -0.1) is 0 Å². The molecule has 10 atom stereocenters. The Balaban J connectivity index is 2.51. The van der Waals surface area contributed by atoms with Crippen LogP contribution in [0.5, 0.6) is 0 Å². The van der Waals surface area contributed by atoms with Gasteiger partial charge in [0, 0.05) is 55.6 Å². The molecule has 0 bridgehead atoms. The minimum atomic E-state index is -1.39. The van der Waals surface area contributed by atoms with Crippen LogP contribution in [0.2, 0.25) is 0 Å². The summed E-state index contributed by atoms with van der Waals surface area (Å²) in [5, 5.41) is 0. The Bertz CT molecular complexity index is 1100. The molecular formula is C28H40O17. The Morgan fingerprint density at radius 1 is 0.444 bits per heavy atom. The summed E-state index contributed by atoms with van der Waals surface area (Å²) in [6.45, 7) is 7.38. The molecule has 2 rings (SSSR count). The fraction of sp³-hybridized carbons (Fsp3) is 0.750. The second-order valence-electron chi connectivity index (χ2n) is 10.3. The second-order valence-corrected chi connectivity index (χ2v) is 10.3. The molecule has 2 aliphatic rings. The van der Waals surface area contributed by atoms with Crippen LogP contribution >= 0.6 is 0 Å². The lowest BCUT2D eigenvalue weighted by atomic mass is 9.89. The van der Waals surface area contributed by atoms with Crippen molar-refractivity contribution in [2.75, 3.05) is 13.7 Å². The molecule has 0 aromatic rings. The summed E-state index contributed by atoms with van der Waals surface area (Å²) >= 11 is 0. The number of hydrogen-bond donors (Lipinski definition) is 0. The van der Waals surface area contributed by atoms with E-state index in [4.69, 9.17) is 47.4 Å². The largest absolute Gasteiger partial charge is 0.463 e. The van der Waals surface area contributed by atoms with Crippen molar-refractivity contribution in [2.45, 2.75) is 123 Å². The number of esters is 7. The maximum Gasteiger partial charge on any atom is 0.303 e. The molecule has 2 fully saturated rings. The van der Waals surface area contributed by atoms with Gasteiger partial charge in [0.1, 0.15) is 18.8 Å². The molecule has 17 nitrogen and oxygen atoms in total. The van der Waals surface area contributed by atoms with E-state index in [0.717, 1.165) is 48.5 Å². The average Bonchev–Trinajstić information content (AvgIpc) is 2.90. The van der Waals surface area contributed by atoms with Gasteiger partial charge in [0.2, 0.25) is 0 Å². The molecule has 2 heterocycles. The Kier molecular flexibility index (Phi) is 14.1. The summed E-state index contributed by atoms with van der Waals surface area (Å²) in [4.78, 5) is 83.9. The third-order valence-corrected chi connectivity index (χ3v) is 6.55. The Labute approximate surface area is 259 Å². The molecule has 0 spiro atoms. The molecule has 0 unspecified atom stereocenters. The summed E-state index contributed by atoms with van der Waals surface area (Å²) < 4.78 is 55.1. The summed E-state index contributed by atoms with van der Waals surface area (Å²) in [5.41, 5.74) is 0. The van der Waals surface area contributed by atoms with Crippen molar-refractivity contribution in [3.63, 3.8) is 0 Å². The molecule has 0 aromatic carbocycles. The van der Waals surface area contributed by atoms with Gasteiger partial charge in [-0.1, -0.05) is 0 Å². The maximum absolute atomic E-state index is 12.2. The topological polar surface area (TPSA) is 212 Å². The fourth-order valence-electron chi connectivity index (χ4n) is 5.16. The SMILES string of the molecule is CO[C@H]1O[C@H](CC[C@H]2O[C@H](COC(C)=O)[C@@H](OC(C)=O)[C@H](OC(C)=O)[C@H]2OC(C)=O)[C@@H](OC(C)=O)[C@H](OC(C)=O)[C@H]1OC(C)=O. The normalized spacial score (nSPS) is 31.0. The van der Waals surface area contributed by atoms with E-state index >= 15 is 0 Å². The molecule has 0 N–H and O–H groups in total.